The second kappa shape index (κ2) is 10.5. The number of rotatable bonds is 5. The lowest BCUT2D eigenvalue weighted by Crippen LogP contribution is -2.03. The maximum absolute atomic E-state index is 12.7. The number of phenolic OH excluding ortho intramolecular Hbond substituents is 1. The molecule has 2 N–H and O–H groups in total. The molecule has 0 radical (unpaired) electrons. The van der Waals surface area contributed by atoms with E-state index in [1.54, 1.807) is 31.4 Å². The number of aromatic nitrogens is 2. The lowest BCUT2D eigenvalue weighted by atomic mass is 10.1. The first-order valence-corrected chi connectivity index (χ1v) is 10.3. The fourth-order valence-corrected chi connectivity index (χ4v) is 3.73. The van der Waals surface area contributed by atoms with Gasteiger partial charge >= 0.3 is 6.18 Å². The minimum absolute atomic E-state index is 0.138. The zero-order valence-corrected chi connectivity index (χ0v) is 17.6. The van der Waals surface area contributed by atoms with E-state index in [0.29, 0.717) is 20.5 Å². The van der Waals surface area contributed by atoms with Gasteiger partial charge in [0.2, 0.25) is 0 Å². The fourth-order valence-electron chi connectivity index (χ4n) is 2.27. The number of alkyl halides is 3. The van der Waals surface area contributed by atoms with E-state index in [-0.39, 0.29) is 5.75 Å². The van der Waals surface area contributed by atoms with Crippen molar-refractivity contribution in [2.24, 2.45) is 0 Å². The third-order valence-electron chi connectivity index (χ3n) is 3.51. The normalized spacial score (nSPS) is 11.0. The molecule has 29 heavy (non-hydrogen) atoms. The average Bonchev–Trinajstić information content (AvgIpc) is 2.72. The van der Waals surface area contributed by atoms with Crippen molar-refractivity contribution in [2.75, 3.05) is 7.05 Å². The number of phenols is 1. The van der Waals surface area contributed by atoms with E-state index in [1.807, 2.05) is 13.8 Å². The molecule has 4 nitrogen and oxygen atoms in total. The Morgan fingerprint density at radius 3 is 2.24 bits per heavy atom. The topological polar surface area (TPSA) is 58.0 Å². The van der Waals surface area contributed by atoms with E-state index < -0.39 is 11.7 Å². The van der Waals surface area contributed by atoms with Crippen LogP contribution in [-0.4, -0.2) is 22.1 Å². The maximum atomic E-state index is 12.7. The van der Waals surface area contributed by atoms with E-state index in [1.165, 1.54) is 42.0 Å². The fraction of sp³-hybridized carbons (Fsp3) is 0.200. The van der Waals surface area contributed by atoms with E-state index in [0.717, 1.165) is 17.7 Å². The van der Waals surface area contributed by atoms with Crippen LogP contribution in [0, 0.1) is 0 Å². The quantitative estimate of drug-likeness (QED) is 0.457. The van der Waals surface area contributed by atoms with Crippen molar-refractivity contribution in [3.63, 3.8) is 0 Å². The molecular weight excluding hydrogens is 419 g/mol. The van der Waals surface area contributed by atoms with E-state index >= 15 is 0 Å². The summed E-state index contributed by atoms with van der Waals surface area (Å²) in [5.74, 6) is 0.138. The zero-order valence-electron chi connectivity index (χ0n) is 16.0. The summed E-state index contributed by atoms with van der Waals surface area (Å²) in [5, 5.41) is 10.5. The van der Waals surface area contributed by atoms with Gasteiger partial charge in [0.1, 0.15) is 16.5 Å². The first-order valence-electron chi connectivity index (χ1n) is 8.71. The molecule has 2 aromatic carbocycles. The molecule has 0 unspecified atom stereocenters. The van der Waals surface area contributed by atoms with Crippen LogP contribution in [-0.2, 0) is 6.18 Å². The molecule has 9 heteroatoms. The Morgan fingerprint density at radius 2 is 1.62 bits per heavy atom. The average molecular weight is 440 g/mol. The number of halogens is 3. The van der Waals surface area contributed by atoms with Crippen LogP contribution in [0.2, 0.25) is 0 Å². The van der Waals surface area contributed by atoms with Gasteiger partial charge in [0, 0.05) is 22.9 Å². The summed E-state index contributed by atoms with van der Waals surface area (Å²) in [6.07, 6.45) is -1.29. The molecule has 1 heterocycles. The van der Waals surface area contributed by atoms with Crippen molar-refractivity contribution in [2.45, 2.75) is 34.8 Å². The summed E-state index contributed by atoms with van der Waals surface area (Å²) in [6.45, 7) is 4.00. The lowest BCUT2D eigenvalue weighted by Gasteiger charge is -2.10. The van der Waals surface area contributed by atoms with E-state index in [4.69, 9.17) is 0 Å². The number of nitrogens with zero attached hydrogens (tertiary/aromatic N) is 2. The summed E-state index contributed by atoms with van der Waals surface area (Å²) < 4.78 is 41.0. The van der Waals surface area contributed by atoms with Crippen molar-refractivity contribution in [1.82, 2.24) is 14.7 Å². The summed E-state index contributed by atoms with van der Waals surface area (Å²) in [6, 6.07) is 9.96. The molecule has 154 valence electrons. The molecule has 0 saturated carbocycles. The minimum Gasteiger partial charge on any atom is -0.507 e. The van der Waals surface area contributed by atoms with E-state index in [9.17, 15) is 18.3 Å². The molecule has 0 atom stereocenters. The summed E-state index contributed by atoms with van der Waals surface area (Å²) in [4.78, 5) is 9.92. The molecule has 0 aliphatic rings. The molecular formula is C20H20F3N3OS2. The van der Waals surface area contributed by atoms with Gasteiger partial charge in [-0.2, -0.15) is 13.2 Å². The second-order valence-electron chi connectivity index (χ2n) is 5.32. The van der Waals surface area contributed by atoms with Gasteiger partial charge < -0.3 is 5.11 Å². The Morgan fingerprint density at radius 1 is 0.966 bits per heavy atom. The second-order valence-corrected chi connectivity index (χ2v) is 7.44. The molecule has 3 aromatic rings. The SMILES string of the molecule is CC.CNSc1cc(-c2nccnc2Sc2ccc(C(F)(F)F)cc2)ccc1O. The van der Waals surface area contributed by atoms with Crippen molar-refractivity contribution in [3.05, 3.63) is 60.4 Å². The Balaban J connectivity index is 0.00000145. The van der Waals surface area contributed by atoms with Crippen LogP contribution in [0.3, 0.4) is 0 Å². The molecule has 0 saturated heterocycles. The van der Waals surface area contributed by atoms with E-state index in [2.05, 4.69) is 14.7 Å². The molecule has 0 fully saturated rings. The van der Waals surface area contributed by atoms with Crippen LogP contribution in [0.4, 0.5) is 13.2 Å². The highest BCUT2D eigenvalue weighted by Gasteiger charge is 2.30. The third-order valence-corrected chi connectivity index (χ3v) is 5.26. The Kier molecular flexibility index (Phi) is 8.36. The minimum atomic E-state index is -4.37. The molecule has 0 spiro atoms. The number of hydrogen-bond acceptors (Lipinski definition) is 6. The molecule has 0 bridgehead atoms. The van der Waals surface area contributed by atoms with Gasteiger partial charge in [-0.05, 0) is 61.5 Å². The molecule has 1 aromatic heterocycles. The number of nitrogens with one attached hydrogen (secondary N) is 1. The molecule has 3 rings (SSSR count). The molecule has 0 aliphatic heterocycles. The standard InChI is InChI=1S/C18H14F3N3OS2.C2H6/c1-22-27-15-10-11(2-7-14(15)25)16-17(24-9-8-23-16)26-13-5-3-12(4-6-13)18(19,20)21;1-2/h2-10,22,25H,1H3;1-2H3. The predicted molar refractivity (Wildman–Crippen MR) is 111 cm³/mol. The van der Waals surface area contributed by atoms with Gasteiger partial charge in [-0.3, -0.25) is 9.71 Å². The number of aromatic hydroxyl groups is 1. The van der Waals surface area contributed by atoms with Gasteiger partial charge in [-0.15, -0.1) is 0 Å². The van der Waals surface area contributed by atoms with Crippen LogP contribution in [0.1, 0.15) is 19.4 Å². The largest absolute Gasteiger partial charge is 0.507 e. The van der Waals surface area contributed by atoms with Crippen LogP contribution in [0.25, 0.3) is 11.3 Å². The van der Waals surface area contributed by atoms with Gasteiger partial charge in [-0.1, -0.05) is 25.6 Å². The van der Waals surface area contributed by atoms with Gasteiger partial charge in [0.05, 0.1) is 10.5 Å². The monoisotopic (exact) mass is 439 g/mol. The van der Waals surface area contributed by atoms with Crippen molar-refractivity contribution < 1.29 is 18.3 Å². The number of benzene rings is 2. The number of hydrogen-bond donors (Lipinski definition) is 2. The van der Waals surface area contributed by atoms with Crippen LogP contribution in [0.15, 0.2) is 69.7 Å². The van der Waals surface area contributed by atoms with Crippen LogP contribution in [0.5, 0.6) is 5.75 Å². The Hall–Kier alpha value is -2.23. The smallest absolute Gasteiger partial charge is 0.416 e. The Labute approximate surface area is 176 Å². The highest BCUT2D eigenvalue weighted by atomic mass is 32.2. The summed E-state index contributed by atoms with van der Waals surface area (Å²) in [5.41, 5.74) is 0.631. The maximum Gasteiger partial charge on any atom is 0.416 e. The summed E-state index contributed by atoms with van der Waals surface area (Å²) in [7, 11) is 1.74. The highest BCUT2D eigenvalue weighted by molar-refractivity contribution is 7.99. The lowest BCUT2D eigenvalue weighted by molar-refractivity contribution is -0.137. The summed E-state index contributed by atoms with van der Waals surface area (Å²) >= 11 is 2.49. The first-order chi connectivity index (χ1) is 13.9. The molecule has 0 aliphatic carbocycles. The Bertz CT molecular complexity index is 935. The van der Waals surface area contributed by atoms with Crippen molar-refractivity contribution in [1.29, 1.82) is 0 Å². The predicted octanol–water partition coefficient (Wildman–Crippen LogP) is 6.27. The first kappa shape index (κ1) is 23.1. The zero-order chi connectivity index (χ0) is 21.4. The van der Waals surface area contributed by atoms with Crippen LogP contribution >= 0.6 is 23.7 Å². The van der Waals surface area contributed by atoms with Crippen molar-refractivity contribution >= 4 is 23.7 Å². The highest BCUT2D eigenvalue weighted by Crippen LogP contribution is 2.37. The van der Waals surface area contributed by atoms with Gasteiger partial charge in [0.25, 0.3) is 0 Å². The molecule has 0 amide bonds. The van der Waals surface area contributed by atoms with Crippen molar-refractivity contribution in [3.8, 4) is 17.0 Å². The van der Waals surface area contributed by atoms with Crippen LogP contribution < -0.4 is 4.72 Å². The third kappa shape index (κ3) is 6.12. The van der Waals surface area contributed by atoms with Gasteiger partial charge in [0.15, 0.2) is 0 Å². The van der Waals surface area contributed by atoms with Gasteiger partial charge in [-0.25, -0.2) is 4.98 Å².